The minimum Gasteiger partial charge on any atom is -0.364 e. The van der Waals surface area contributed by atoms with Gasteiger partial charge in [-0.1, -0.05) is 26.0 Å². The first-order chi connectivity index (χ1) is 10.7. The van der Waals surface area contributed by atoms with E-state index >= 15 is 0 Å². The van der Waals surface area contributed by atoms with E-state index in [4.69, 9.17) is 0 Å². The number of nitrogens with zero attached hydrogens (tertiary/aromatic N) is 1. The van der Waals surface area contributed by atoms with Gasteiger partial charge in [-0.2, -0.15) is 8.78 Å². The summed E-state index contributed by atoms with van der Waals surface area (Å²) in [6.45, 7) is 3.88. The van der Waals surface area contributed by atoms with Gasteiger partial charge in [-0.15, -0.1) is 0 Å². The number of rotatable bonds is 3. The molecule has 1 heterocycles. The predicted octanol–water partition coefficient (Wildman–Crippen LogP) is 3.22. The van der Waals surface area contributed by atoms with Crippen LogP contribution in [0.2, 0.25) is 0 Å². The fourth-order valence-electron chi connectivity index (χ4n) is 2.26. The summed E-state index contributed by atoms with van der Waals surface area (Å²) in [5.41, 5.74) is -1.11. The second-order valence-corrected chi connectivity index (χ2v) is 5.62. The molecular formula is C15H16F4N2O2. The average molecular weight is 332 g/mol. The molecule has 1 aliphatic rings. The number of halogens is 4. The lowest BCUT2D eigenvalue weighted by Gasteiger charge is -2.31. The van der Waals surface area contributed by atoms with Gasteiger partial charge in [0.1, 0.15) is 5.70 Å². The van der Waals surface area contributed by atoms with Crippen LogP contribution in [0.25, 0.3) is 0 Å². The number of hydrazine groups is 1. The van der Waals surface area contributed by atoms with Gasteiger partial charge >= 0.3 is 0 Å². The summed E-state index contributed by atoms with van der Waals surface area (Å²) in [7, 11) is 0. The monoisotopic (exact) mass is 332 g/mol. The van der Waals surface area contributed by atoms with E-state index in [9.17, 15) is 27.5 Å². The molecule has 0 saturated carbocycles. The van der Waals surface area contributed by atoms with Crippen LogP contribution >= 0.6 is 0 Å². The summed E-state index contributed by atoms with van der Waals surface area (Å²) in [5, 5.41) is 10.1. The van der Waals surface area contributed by atoms with Crippen molar-refractivity contribution in [3.8, 4) is 0 Å². The lowest BCUT2D eigenvalue weighted by Crippen LogP contribution is -2.55. The van der Waals surface area contributed by atoms with Gasteiger partial charge in [0.2, 0.25) is 5.72 Å². The number of hydrogen-bond donors (Lipinski definition) is 2. The zero-order valence-corrected chi connectivity index (χ0v) is 12.5. The van der Waals surface area contributed by atoms with Crippen LogP contribution in [-0.2, 0) is 0 Å². The first-order valence-electron chi connectivity index (χ1n) is 6.92. The fourth-order valence-corrected chi connectivity index (χ4v) is 2.26. The van der Waals surface area contributed by atoms with Gasteiger partial charge in [-0.25, -0.2) is 13.8 Å². The second kappa shape index (κ2) is 6.19. The Bertz CT molecular complexity index is 627. The van der Waals surface area contributed by atoms with Crippen LogP contribution in [0.1, 0.15) is 42.1 Å². The number of hydrogen-bond acceptors (Lipinski definition) is 3. The van der Waals surface area contributed by atoms with Crippen LogP contribution in [0.4, 0.5) is 17.6 Å². The van der Waals surface area contributed by atoms with Gasteiger partial charge in [0.15, 0.2) is 0 Å². The highest BCUT2D eigenvalue weighted by atomic mass is 19.3. The number of carbonyl (C=O) groups is 1. The van der Waals surface area contributed by atoms with Crippen molar-refractivity contribution in [1.29, 1.82) is 0 Å². The molecule has 4 nitrogen and oxygen atoms in total. The van der Waals surface area contributed by atoms with Crippen LogP contribution in [0.5, 0.6) is 0 Å². The molecule has 2 rings (SSSR count). The summed E-state index contributed by atoms with van der Waals surface area (Å²) in [5.74, 6) is -0.809. The van der Waals surface area contributed by atoms with Crippen LogP contribution in [0, 0.1) is 0 Å². The Labute approximate surface area is 130 Å². The molecule has 1 aromatic carbocycles. The van der Waals surface area contributed by atoms with Gasteiger partial charge in [0.25, 0.3) is 18.4 Å². The Kier molecular flexibility index (Phi) is 4.65. The van der Waals surface area contributed by atoms with Gasteiger partial charge in [-0.05, 0) is 23.6 Å². The third-order valence-electron chi connectivity index (χ3n) is 3.68. The Hall–Kier alpha value is -2.09. The van der Waals surface area contributed by atoms with Crippen molar-refractivity contribution in [2.75, 3.05) is 0 Å². The lowest BCUT2D eigenvalue weighted by molar-refractivity contribution is -0.168. The smallest absolute Gasteiger partial charge is 0.291 e. The molecule has 126 valence electrons. The van der Waals surface area contributed by atoms with Crippen molar-refractivity contribution in [3.63, 3.8) is 0 Å². The van der Waals surface area contributed by atoms with E-state index in [1.807, 2.05) is 19.3 Å². The standard InChI is InChI=1S/C15H16F4N2O2/c1-8(2)9-3-5-10(6-4-9)13(22)21-15(23,14(18)19)7-11(20-21)12(16)17/h3-6,8,14,20,23H,7H2,1-2H3. The molecule has 23 heavy (non-hydrogen) atoms. The number of carbonyl (C=O) groups excluding carboxylic acids is 1. The number of alkyl halides is 2. The van der Waals surface area contributed by atoms with Crippen molar-refractivity contribution >= 4 is 5.91 Å². The highest BCUT2D eigenvalue weighted by Crippen LogP contribution is 2.35. The molecule has 1 aliphatic heterocycles. The van der Waals surface area contributed by atoms with Crippen molar-refractivity contribution in [3.05, 3.63) is 47.2 Å². The molecular weight excluding hydrogens is 316 g/mol. The molecule has 1 unspecified atom stereocenters. The Balaban J connectivity index is 2.34. The predicted molar refractivity (Wildman–Crippen MR) is 74.6 cm³/mol. The first kappa shape index (κ1) is 17.3. The molecule has 1 saturated heterocycles. The van der Waals surface area contributed by atoms with Gasteiger partial charge in [-0.3, -0.25) is 10.2 Å². The van der Waals surface area contributed by atoms with Crippen LogP contribution in [0.3, 0.4) is 0 Å². The van der Waals surface area contributed by atoms with E-state index in [0.29, 0.717) is 0 Å². The minimum absolute atomic E-state index is 0.00138. The van der Waals surface area contributed by atoms with E-state index in [-0.39, 0.29) is 16.5 Å². The maximum absolute atomic E-state index is 13.1. The molecule has 0 aliphatic carbocycles. The van der Waals surface area contributed by atoms with Crippen LogP contribution in [-0.4, -0.2) is 28.2 Å². The van der Waals surface area contributed by atoms with Crippen LogP contribution < -0.4 is 5.43 Å². The lowest BCUT2D eigenvalue weighted by atomic mass is 10.0. The SMILES string of the molecule is CC(C)c1ccc(C(=O)N2NC(=C(F)F)CC2(O)C(F)F)cc1. The Morgan fingerprint density at radius 2 is 1.83 bits per heavy atom. The van der Waals surface area contributed by atoms with E-state index in [1.165, 1.54) is 12.1 Å². The summed E-state index contributed by atoms with van der Waals surface area (Å²) in [4.78, 5) is 12.3. The summed E-state index contributed by atoms with van der Waals surface area (Å²) < 4.78 is 51.5. The topological polar surface area (TPSA) is 52.6 Å². The molecule has 1 aromatic rings. The van der Waals surface area contributed by atoms with Gasteiger partial charge in [0, 0.05) is 5.56 Å². The normalized spacial score (nSPS) is 21.1. The number of benzene rings is 1. The molecule has 0 bridgehead atoms. The fraction of sp³-hybridized carbons (Fsp3) is 0.400. The summed E-state index contributed by atoms with van der Waals surface area (Å²) >= 11 is 0. The largest absolute Gasteiger partial charge is 0.364 e. The minimum atomic E-state index is -3.41. The van der Waals surface area contributed by atoms with Crippen molar-refractivity contribution < 1.29 is 27.5 Å². The highest BCUT2D eigenvalue weighted by molar-refractivity contribution is 5.94. The molecule has 8 heteroatoms. The van der Waals surface area contributed by atoms with Crippen molar-refractivity contribution in [2.24, 2.45) is 0 Å². The van der Waals surface area contributed by atoms with E-state index in [0.717, 1.165) is 5.56 Å². The maximum Gasteiger partial charge on any atom is 0.291 e. The Morgan fingerprint density at radius 3 is 2.26 bits per heavy atom. The Morgan fingerprint density at radius 1 is 1.26 bits per heavy atom. The molecule has 1 atom stereocenters. The van der Waals surface area contributed by atoms with Gasteiger partial charge in [0.05, 0.1) is 6.42 Å². The van der Waals surface area contributed by atoms with Gasteiger partial charge < -0.3 is 5.11 Å². The van der Waals surface area contributed by atoms with Crippen molar-refractivity contribution in [1.82, 2.24) is 10.4 Å². The molecule has 0 spiro atoms. The third kappa shape index (κ3) is 3.17. The molecule has 1 fully saturated rings. The van der Waals surface area contributed by atoms with Crippen LogP contribution in [0.15, 0.2) is 36.0 Å². The molecule has 0 aromatic heterocycles. The zero-order chi connectivity index (χ0) is 17.4. The van der Waals surface area contributed by atoms with E-state index < -0.39 is 36.3 Å². The summed E-state index contributed by atoms with van der Waals surface area (Å²) in [6.07, 6.45) is -6.73. The first-order valence-corrected chi connectivity index (χ1v) is 6.92. The number of aliphatic hydroxyl groups is 1. The second-order valence-electron chi connectivity index (χ2n) is 5.62. The third-order valence-corrected chi connectivity index (χ3v) is 3.68. The summed E-state index contributed by atoms with van der Waals surface area (Å²) in [6, 6.07) is 6.08. The van der Waals surface area contributed by atoms with E-state index in [1.54, 1.807) is 12.1 Å². The molecule has 1 amide bonds. The average Bonchev–Trinajstić information content (AvgIpc) is 2.86. The number of nitrogens with one attached hydrogen (secondary N) is 1. The molecule has 2 N–H and O–H groups in total. The van der Waals surface area contributed by atoms with E-state index in [2.05, 4.69) is 0 Å². The number of amides is 1. The molecule has 0 radical (unpaired) electrons. The zero-order valence-electron chi connectivity index (χ0n) is 12.5. The van der Waals surface area contributed by atoms with Crippen molar-refractivity contribution in [2.45, 2.75) is 38.3 Å². The quantitative estimate of drug-likeness (QED) is 0.836. The highest BCUT2D eigenvalue weighted by Gasteiger charge is 2.53. The maximum atomic E-state index is 13.1.